The molecule has 0 fully saturated rings. The lowest BCUT2D eigenvalue weighted by atomic mass is 10.2. The second-order valence-electron chi connectivity index (χ2n) is 4.12. The fourth-order valence-electron chi connectivity index (χ4n) is 1.42. The molecule has 1 N–H and O–H groups in total. The van der Waals surface area contributed by atoms with Crippen molar-refractivity contribution < 1.29 is 4.21 Å². The van der Waals surface area contributed by atoms with Crippen molar-refractivity contribution in [1.29, 1.82) is 0 Å². The molecule has 1 aromatic rings. The van der Waals surface area contributed by atoms with Crippen LogP contribution in [0.1, 0.15) is 24.7 Å². The normalized spacial score (nSPS) is 14.7. The molecule has 0 spiro atoms. The van der Waals surface area contributed by atoms with Crippen molar-refractivity contribution in [2.45, 2.75) is 32.9 Å². The van der Waals surface area contributed by atoms with Crippen LogP contribution in [0.4, 0.5) is 0 Å². The van der Waals surface area contributed by atoms with Crippen LogP contribution in [0.5, 0.6) is 0 Å². The smallest absolute Gasteiger partial charge is 0.0544 e. The van der Waals surface area contributed by atoms with Crippen LogP contribution < -0.4 is 5.32 Å². The molecular weight excluding hydrogens is 220 g/mol. The Kier molecular flexibility index (Phi) is 5.63. The number of nitrogens with zero attached hydrogens (tertiary/aromatic N) is 1. The van der Waals surface area contributed by atoms with E-state index in [2.05, 4.69) is 17.2 Å². The molecule has 0 radical (unpaired) electrons. The van der Waals surface area contributed by atoms with E-state index < -0.39 is 10.8 Å². The van der Waals surface area contributed by atoms with Crippen LogP contribution in [0.25, 0.3) is 0 Å². The summed E-state index contributed by atoms with van der Waals surface area (Å²) in [6, 6.07) is 6.41. The Morgan fingerprint density at radius 3 is 2.88 bits per heavy atom. The molecule has 90 valence electrons. The van der Waals surface area contributed by atoms with Gasteiger partial charge in [-0.1, -0.05) is 6.07 Å². The summed E-state index contributed by atoms with van der Waals surface area (Å²) < 4.78 is 10.9. The Bertz CT molecular complexity index is 355. The van der Waals surface area contributed by atoms with Crippen LogP contribution in [0, 0.1) is 6.92 Å². The lowest BCUT2D eigenvalue weighted by Gasteiger charge is -2.12. The largest absolute Gasteiger partial charge is 0.309 e. The minimum absolute atomic E-state index is 0.381. The van der Waals surface area contributed by atoms with Crippen molar-refractivity contribution in [3.63, 3.8) is 0 Å². The van der Waals surface area contributed by atoms with E-state index in [1.54, 1.807) is 6.26 Å². The summed E-state index contributed by atoms with van der Waals surface area (Å²) in [4.78, 5) is 4.42. The monoisotopic (exact) mass is 240 g/mol. The van der Waals surface area contributed by atoms with Gasteiger partial charge in [-0.15, -0.1) is 0 Å². The number of aromatic nitrogens is 1. The first kappa shape index (κ1) is 13.3. The molecule has 16 heavy (non-hydrogen) atoms. The predicted octanol–water partition coefficient (Wildman–Crippen LogP) is 1.64. The maximum atomic E-state index is 10.9. The van der Waals surface area contributed by atoms with E-state index in [1.165, 1.54) is 0 Å². The van der Waals surface area contributed by atoms with Gasteiger partial charge in [-0.25, -0.2) is 0 Å². The molecule has 4 heteroatoms. The van der Waals surface area contributed by atoms with Gasteiger partial charge in [0.1, 0.15) is 0 Å². The maximum Gasteiger partial charge on any atom is 0.0544 e. The van der Waals surface area contributed by atoms with E-state index >= 15 is 0 Å². The van der Waals surface area contributed by atoms with E-state index in [0.717, 1.165) is 30.1 Å². The highest BCUT2D eigenvalue weighted by Crippen LogP contribution is 1.99. The SMILES string of the molecule is Cc1cccc(CNC(C)CCS(C)=O)n1. The Balaban J connectivity index is 2.31. The standard InChI is InChI=1S/C12H20N2OS/c1-10(7-8-16(3)15)13-9-12-6-4-5-11(2)14-12/h4-6,10,13H,7-9H2,1-3H3. The first-order valence-electron chi connectivity index (χ1n) is 5.54. The average molecular weight is 240 g/mol. The number of hydrogen-bond acceptors (Lipinski definition) is 3. The third kappa shape index (κ3) is 5.37. The van der Waals surface area contributed by atoms with Gasteiger partial charge in [-0.3, -0.25) is 9.19 Å². The van der Waals surface area contributed by atoms with Gasteiger partial charge >= 0.3 is 0 Å². The number of nitrogens with one attached hydrogen (secondary N) is 1. The molecule has 1 rings (SSSR count). The molecule has 0 amide bonds. The van der Waals surface area contributed by atoms with Gasteiger partial charge in [-0.2, -0.15) is 0 Å². The van der Waals surface area contributed by atoms with Gasteiger partial charge in [0.25, 0.3) is 0 Å². The van der Waals surface area contributed by atoms with Crippen LogP contribution >= 0.6 is 0 Å². The number of rotatable bonds is 6. The molecule has 0 aliphatic rings. The zero-order valence-corrected chi connectivity index (χ0v) is 11.0. The second kappa shape index (κ2) is 6.76. The highest BCUT2D eigenvalue weighted by Gasteiger charge is 2.03. The van der Waals surface area contributed by atoms with E-state index in [4.69, 9.17) is 0 Å². The Labute approximate surface area is 100 Å². The van der Waals surface area contributed by atoms with Crippen molar-refractivity contribution in [2.75, 3.05) is 12.0 Å². The molecule has 2 unspecified atom stereocenters. The number of hydrogen-bond donors (Lipinski definition) is 1. The van der Waals surface area contributed by atoms with E-state index in [-0.39, 0.29) is 0 Å². The molecule has 0 aliphatic carbocycles. The first-order valence-corrected chi connectivity index (χ1v) is 7.26. The van der Waals surface area contributed by atoms with Crippen molar-refractivity contribution in [3.05, 3.63) is 29.6 Å². The topological polar surface area (TPSA) is 42.0 Å². The summed E-state index contributed by atoms with van der Waals surface area (Å²) in [5.74, 6) is 0.759. The summed E-state index contributed by atoms with van der Waals surface area (Å²) in [6.07, 6.45) is 2.68. The summed E-state index contributed by atoms with van der Waals surface area (Å²) in [5.41, 5.74) is 2.10. The third-order valence-electron chi connectivity index (χ3n) is 2.42. The van der Waals surface area contributed by atoms with E-state index in [9.17, 15) is 4.21 Å². The van der Waals surface area contributed by atoms with Crippen molar-refractivity contribution in [3.8, 4) is 0 Å². The molecule has 0 aromatic carbocycles. The van der Waals surface area contributed by atoms with Crippen molar-refractivity contribution in [2.24, 2.45) is 0 Å². The first-order chi connectivity index (χ1) is 7.58. The fraction of sp³-hybridized carbons (Fsp3) is 0.583. The second-order valence-corrected chi connectivity index (χ2v) is 5.67. The van der Waals surface area contributed by atoms with Crippen LogP contribution in [0.3, 0.4) is 0 Å². The lowest BCUT2D eigenvalue weighted by molar-refractivity contribution is 0.529. The van der Waals surface area contributed by atoms with Gasteiger partial charge < -0.3 is 5.32 Å². The minimum Gasteiger partial charge on any atom is -0.309 e. The molecule has 1 aromatic heterocycles. The zero-order chi connectivity index (χ0) is 12.0. The summed E-state index contributed by atoms with van der Waals surface area (Å²) in [6.45, 7) is 4.88. The average Bonchev–Trinajstić information content (AvgIpc) is 2.23. The number of aryl methyl sites for hydroxylation is 1. The fourth-order valence-corrected chi connectivity index (χ4v) is 2.11. The summed E-state index contributed by atoms with van der Waals surface area (Å²) >= 11 is 0. The van der Waals surface area contributed by atoms with Crippen LogP contribution in [-0.2, 0) is 17.3 Å². The van der Waals surface area contributed by atoms with Crippen molar-refractivity contribution in [1.82, 2.24) is 10.3 Å². The Morgan fingerprint density at radius 1 is 1.50 bits per heavy atom. The van der Waals surface area contributed by atoms with Crippen LogP contribution in [0.15, 0.2) is 18.2 Å². The third-order valence-corrected chi connectivity index (χ3v) is 3.23. The van der Waals surface area contributed by atoms with E-state index in [1.807, 2.05) is 25.1 Å². The maximum absolute atomic E-state index is 10.9. The summed E-state index contributed by atoms with van der Waals surface area (Å²) in [7, 11) is -0.694. The Morgan fingerprint density at radius 2 is 2.25 bits per heavy atom. The molecule has 0 saturated heterocycles. The van der Waals surface area contributed by atoms with Gasteiger partial charge in [0, 0.05) is 41.1 Å². The molecule has 0 bridgehead atoms. The molecule has 1 heterocycles. The molecule has 0 saturated carbocycles. The predicted molar refractivity (Wildman–Crippen MR) is 68.8 cm³/mol. The Hall–Kier alpha value is -0.740. The van der Waals surface area contributed by atoms with Gasteiger partial charge in [0.2, 0.25) is 0 Å². The van der Waals surface area contributed by atoms with Gasteiger partial charge in [0.05, 0.1) is 5.69 Å². The van der Waals surface area contributed by atoms with Gasteiger partial charge in [0.15, 0.2) is 0 Å². The van der Waals surface area contributed by atoms with Crippen LogP contribution in [0.2, 0.25) is 0 Å². The van der Waals surface area contributed by atoms with Crippen molar-refractivity contribution >= 4 is 10.8 Å². The quantitative estimate of drug-likeness (QED) is 0.822. The molecular formula is C12H20N2OS. The number of pyridine rings is 1. The minimum atomic E-state index is -0.694. The zero-order valence-electron chi connectivity index (χ0n) is 10.2. The van der Waals surface area contributed by atoms with Crippen LogP contribution in [-0.4, -0.2) is 27.2 Å². The highest BCUT2D eigenvalue weighted by atomic mass is 32.2. The molecule has 0 aliphatic heterocycles. The highest BCUT2D eigenvalue weighted by molar-refractivity contribution is 7.84. The van der Waals surface area contributed by atoms with Gasteiger partial charge in [-0.05, 0) is 32.4 Å². The summed E-state index contributed by atoms with van der Waals surface area (Å²) in [5, 5.41) is 3.38. The van der Waals surface area contributed by atoms with E-state index in [0.29, 0.717) is 6.04 Å². The lowest BCUT2D eigenvalue weighted by Crippen LogP contribution is -2.27. The molecule has 3 nitrogen and oxygen atoms in total. The molecule has 2 atom stereocenters.